The third kappa shape index (κ3) is 4.57. The van der Waals surface area contributed by atoms with E-state index in [9.17, 15) is 4.79 Å². The van der Waals surface area contributed by atoms with Crippen molar-refractivity contribution in [2.45, 2.75) is 26.0 Å². The van der Waals surface area contributed by atoms with E-state index in [1.165, 1.54) is 34.2 Å². The van der Waals surface area contributed by atoms with E-state index in [2.05, 4.69) is 53.4 Å². The summed E-state index contributed by atoms with van der Waals surface area (Å²) in [5, 5.41) is 13.7. The molecule has 3 heterocycles. The molecule has 0 aliphatic carbocycles. The number of hydrogen-bond donors (Lipinski definition) is 1. The van der Waals surface area contributed by atoms with Gasteiger partial charge in [0, 0.05) is 16.5 Å². The molecule has 1 N–H and O–H groups in total. The Balaban J connectivity index is 1.19. The van der Waals surface area contributed by atoms with Crippen LogP contribution in [0.4, 0.5) is 5.13 Å². The Hall–Kier alpha value is -3.37. The van der Waals surface area contributed by atoms with Gasteiger partial charge in [-0.25, -0.2) is 4.98 Å². The molecule has 0 unspecified atom stereocenters. The van der Waals surface area contributed by atoms with Crippen LogP contribution in [-0.4, -0.2) is 33.6 Å². The van der Waals surface area contributed by atoms with Crippen molar-refractivity contribution in [2.24, 2.45) is 0 Å². The van der Waals surface area contributed by atoms with Gasteiger partial charge in [0.2, 0.25) is 18.6 Å². The van der Waals surface area contributed by atoms with Crippen LogP contribution in [0.15, 0.2) is 45.4 Å². The number of thioether (sulfide) groups is 1. The number of ether oxygens (including phenoxy) is 2. The van der Waals surface area contributed by atoms with Gasteiger partial charge in [0.05, 0.1) is 11.4 Å². The van der Waals surface area contributed by atoms with Crippen molar-refractivity contribution in [1.29, 1.82) is 0 Å². The highest BCUT2D eigenvalue weighted by Crippen LogP contribution is 2.36. The van der Waals surface area contributed by atoms with Gasteiger partial charge < -0.3 is 19.2 Å². The first kappa shape index (κ1) is 21.5. The Morgan fingerprint density at radius 2 is 1.88 bits per heavy atom. The van der Waals surface area contributed by atoms with E-state index >= 15 is 0 Å². The molecule has 168 valence electrons. The SMILES string of the molecule is Cc1cc(C)c(-c2csc(NC(=O)CSc3nnc(-c4ccc5c(c4)OCO5)o3)n2)cc1C. The number of aryl methyl sites for hydroxylation is 3. The van der Waals surface area contributed by atoms with Crippen molar-refractivity contribution < 1.29 is 18.7 Å². The summed E-state index contributed by atoms with van der Waals surface area (Å²) >= 11 is 2.56. The number of nitrogens with zero attached hydrogens (tertiary/aromatic N) is 3. The summed E-state index contributed by atoms with van der Waals surface area (Å²) in [6.07, 6.45) is 0. The summed E-state index contributed by atoms with van der Waals surface area (Å²) < 4.78 is 16.4. The highest BCUT2D eigenvalue weighted by Gasteiger charge is 2.18. The molecule has 5 rings (SSSR count). The van der Waals surface area contributed by atoms with Gasteiger partial charge in [0.25, 0.3) is 5.22 Å². The van der Waals surface area contributed by atoms with Crippen LogP contribution in [0.1, 0.15) is 16.7 Å². The van der Waals surface area contributed by atoms with Crippen LogP contribution in [0.5, 0.6) is 11.5 Å². The number of nitrogens with one attached hydrogen (secondary N) is 1. The molecule has 0 atom stereocenters. The second-order valence-corrected chi connectivity index (χ2v) is 9.35. The maximum absolute atomic E-state index is 12.4. The van der Waals surface area contributed by atoms with Crippen molar-refractivity contribution in [3.63, 3.8) is 0 Å². The monoisotopic (exact) mass is 480 g/mol. The third-order valence-corrected chi connectivity index (χ3v) is 6.80. The van der Waals surface area contributed by atoms with E-state index in [-0.39, 0.29) is 18.5 Å². The van der Waals surface area contributed by atoms with E-state index in [0.29, 0.717) is 27.7 Å². The van der Waals surface area contributed by atoms with E-state index in [1.54, 1.807) is 12.1 Å². The Morgan fingerprint density at radius 1 is 1.06 bits per heavy atom. The number of amides is 1. The maximum atomic E-state index is 12.4. The van der Waals surface area contributed by atoms with Crippen molar-refractivity contribution in [3.05, 3.63) is 52.4 Å². The normalized spacial score (nSPS) is 12.2. The fourth-order valence-electron chi connectivity index (χ4n) is 3.39. The largest absolute Gasteiger partial charge is 0.454 e. The van der Waals surface area contributed by atoms with E-state index < -0.39 is 0 Å². The third-order valence-electron chi connectivity index (χ3n) is 5.22. The van der Waals surface area contributed by atoms with E-state index in [1.807, 2.05) is 11.4 Å². The smallest absolute Gasteiger partial charge is 0.277 e. The molecule has 10 heteroatoms. The van der Waals surface area contributed by atoms with Crippen LogP contribution in [0.25, 0.3) is 22.7 Å². The summed E-state index contributed by atoms with van der Waals surface area (Å²) in [6.45, 7) is 6.44. The number of carbonyl (C=O) groups excluding carboxylic acids is 1. The van der Waals surface area contributed by atoms with E-state index in [0.717, 1.165) is 22.4 Å². The number of rotatable bonds is 6. The highest BCUT2D eigenvalue weighted by atomic mass is 32.2. The maximum Gasteiger partial charge on any atom is 0.277 e. The summed E-state index contributed by atoms with van der Waals surface area (Å²) in [7, 11) is 0. The van der Waals surface area contributed by atoms with Gasteiger partial charge in [-0.3, -0.25) is 4.79 Å². The summed E-state index contributed by atoms with van der Waals surface area (Å²) in [6, 6.07) is 9.69. The molecule has 0 radical (unpaired) electrons. The van der Waals surface area contributed by atoms with Gasteiger partial charge in [-0.05, 0) is 61.7 Å². The number of thiazole rings is 1. The van der Waals surface area contributed by atoms with Gasteiger partial charge in [0.1, 0.15) is 0 Å². The molecule has 0 fully saturated rings. The van der Waals surface area contributed by atoms with Crippen LogP contribution >= 0.6 is 23.1 Å². The van der Waals surface area contributed by atoms with Gasteiger partial charge in [-0.2, -0.15) is 0 Å². The standard InChI is InChI=1S/C23H20N4O4S2/c1-12-6-14(3)16(7-13(12)2)17-9-32-22(24-17)25-20(28)10-33-23-27-26-21(31-23)15-4-5-18-19(8-15)30-11-29-18/h4-9H,10-11H2,1-3H3,(H,24,25,28). The van der Waals surface area contributed by atoms with Crippen LogP contribution in [0, 0.1) is 20.8 Å². The molecule has 1 aliphatic rings. The second-order valence-electron chi connectivity index (χ2n) is 7.57. The first-order valence-corrected chi connectivity index (χ1v) is 12.0. The second kappa shape index (κ2) is 8.87. The number of carbonyl (C=O) groups is 1. The van der Waals surface area contributed by atoms with E-state index in [4.69, 9.17) is 13.9 Å². The molecule has 1 aliphatic heterocycles. The van der Waals surface area contributed by atoms with Gasteiger partial charge in [-0.1, -0.05) is 17.8 Å². The predicted octanol–water partition coefficient (Wildman–Crippen LogP) is 5.24. The van der Waals surface area contributed by atoms with Gasteiger partial charge in [-0.15, -0.1) is 21.5 Å². The number of benzene rings is 2. The zero-order chi connectivity index (χ0) is 22.9. The molecule has 0 saturated heterocycles. The first-order chi connectivity index (χ1) is 16.0. The number of hydrogen-bond acceptors (Lipinski definition) is 9. The lowest BCUT2D eigenvalue weighted by molar-refractivity contribution is -0.113. The van der Waals surface area contributed by atoms with Crippen LogP contribution in [-0.2, 0) is 4.79 Å². The predicted molar refractivity (Wildman–Crippen MR) is 127 cm³/mol. The molecular formula is C23H20N4O4S2. The number of aromatic nitrogens is 3. The number of anilines is 1. The Kier molecular flexibility index (Phi) is 5.77. The molecule has 2 aromatic carbocycles. The molecule has 4 aromatic rings. The minimum absolute atomic E-state index is 0.125. The van der Waals surface area contributed by atoms with Crippen molar-refractivity contribution in [2.75, 3.05) is 17.9 Å². The lowest BCUT2D eigenvalue weighted by atomic mass is 9.99. The Morgan fingerprint density at radius 3 is 2.76 bits per heavy atom. The number of fused-ring (bicyclic) bond motifs is 1. The zero-order valence-electron chi connectivity index (χ0n) is 18.2. The molecule has 2 aromatic heterocycles. The molecule has 0 spiro atoms. The minimum atomic E-state index is -0.194. The molecule has 0 saturated carbocycles. The fraction of sp³-hybridized carbons (Fsp3) is 0.217. The lowest BCUT2D eigenvalue weighted by Crippen LogP contribution is -2.13. The molecular weight excluding hydrogens is 460 g/mol. The molecule has 33 heavy (non-hydrogen) atoms. The zero-order valence-corrected chi connectivity index (χ0v) is 19.8. The highest BCUT2D eigenvalue weighted by molar-refractivity contribution is 7.99. The molecule has 1 amide bonds. The molecule has 8 nitrogen and oxygen atoms in total. The van der Waals surface area contributed by atoms with Crippen molar-refractivity contribution in [1.82, 2.24) is 15.2 Å². The van der Waals surface area contributed by atoms with Gasteiger partial charge >= 0.3 is 0 Å². The lowest BCUT2D eigenvalue weighted by Gasteiger charge is -2.07. The van der Waals surface area contributed by atoms with Crippen LogP contribution in [0.2, 0.25) is 0 Å². The van der Waals surface area contributed by atoms with Crippen LogP contribution < -0.4 is 14.8 Å². The first-order valence-electron chi connectivity index (χ1n) is 10.2. The van der Waals surface area contributed by atoms with Crippen molar-refractivity contribution in [3.8, 4) is 34.2 Å². The Labute approximate surface area is 198 Å². The topological polar surface area (TPSA) is 99.4 Å². The van der Waals surface area contributed by atoms with Gasteiger partial charge in [0.15, 0.2) is 16.6 Å². The average molecular weight is 481 g/mol. The Bertz CT molecular complexity index is 1350. The summed E-state index contributed by atoms with van der Waals surface area (Å²) in [5.41, 5.74) is 6.27. The summed E-state index contributed by atoms with van der Waals surface area (Å²) in [5.74, 6) is 1.60. The minimum Gasteiger partial charge on any atom is -0.454 e. The average Bonchev–Trinajstić information content (AvgIpc) is 3.55. The van der Waals surface area contributed by atoms with Crippen molar-refractivity contribution >= 4 is 34.1 Å². The fourth-order valence-corrected chi connectivity index (χ4v) is 4.68. The van der Waals surface area contributed by atoms with Crippen LogP contribution in [0.3, 0.4) is 0 Å². The summed E-state index contributed by atoms with van der Waals surface area (Å²) in [4.78, 5) is 17.0. The molecule has 0 bridgehead atoms. The quantitative estimate of drug-likeness (QED) is 0.374.